The molecule has 15 heteroatoms. The van der Waals surface area contributed by atoms with E-state index in [4.69, 9.17) is 14.6 Å². The van der Waals surface area contributed by atoms with Crippen molar-refractivity contribution in [3.05, 3.63) is 131 Å². The van der Waals surface area contributed by atoms with Gasteiger partial charge in [-0.2, -0.15) is 0 Å². The second kappa shape index (κ2) is 15.9. The Bertz CT molecular complexity index is 1940. The molecule has 2 amide bonds. The molecule has 0 unspecified atom stereocenters. The van der Waals surface area contributed by atoms with Crippen molar-refractivity contribution in [1.29, 1.82) is 0 Å². The molecule has 3 aromatic carbocycles. The van der Waals surface area contributed by atoms with E-state index in [1.807, 2.05) is 91.0 Å². The van der Waals surface area contributed by atoms with Crippen LogP contribution < -0.4 is 10.6 Å². The van der Waals surface area contributed by atoms with E-state index in [-0.39, 0.29) is 17.1 Å². The molecule has 2 aliphatic rings. The van der Waals surface area contributed by atoms with Crippen molar-refractivity contribution in [3.8, 4) is 0 Å². The summed E-state index contributed by atoms with van der Waals surface area (Å²) >= 11 is 3.59. The number of anilines is 1. The number of rotatable bonds is 13. The molecule has 0 saturated carbocycles. The molecule has 0 bridgehead atoms. The Balaban J connectivity index is 1.37. The number of ether oxygens (including phenoxy) is 1. The molecule has 6 rings (SSSR count). The van der Waals surface area contributed by atoms with Crippen LogP contribution in [-0.4, -0.2) is 78.9 Å². The summed E-state index contributed by atoms with van der Waals surface area (Å²) in [6, 6.07) is 28.8. The highest BCUT2D eigenvalue weighted by Gasteiger charge is 2.53. The summed E-state index contributed by atoms with van der Waals surface area (Å²) < 4.78 is 5.48. The third kappa shape index (κ3) is 7.97. The zero-order valence-corrected chi connectivity index (χ0v) is 31.7. The molecule has 3 N–H and O–H groups in total. The Morgan fingerprint density at radius 3 is 2.04 bits per heavy atom. The van der Waals surface area contributed by atoms with Gasteiger partial charge in [0.1, 0.15) is 33.9 Å². The van der Waals surface area contributed by atoms with E-state index in [2.05, 4.69) is 15.8 Å². The maximum atomic E-state index is 14.0. The SMILES string of the molecule is CS[C@@H](ON=C(C(=O)N[C@@H]1C(=O)N2C(C(=O)O)=CCS[C@@H]12)c1csc(NC(c2ccccc2)(c2ccccc2)c2ccccc2)n1)C(=O)OC(C)(C)C. The number of fused-ring (bicyclic) bond motifs is 1. The van der Waals surface area contributed by atoms with Crippen molar-refractivity contribution in [3.63, 3.8) is 0 Å². The molecule has 1 fully saturated rings. The van der Waals surface area contributed by atoms with Crippen molar-refractivity contribution in [2.75, 3.05) is 17.3 Å². The highest BCUT2D eigenvalue weighted by atomic mass is 32.2. The number of hydrogen-bond acceptors (Lipinski definition) is 12. The molecular formula is C38H37N5O7S3. The molecular weight excluding hydrogens is 735 g/mol. The first-order valence-corrected chi connectivity index (χ1v) is 19.7. The first-order valence-electron chi connectivity index (χ1n) is 16.5. The zero-order valence-electron chi connectivity index (χ0n) is 29.2. The minimum Gasteiger partial charge on any atom is -0.477 e. The van der Waals surface area contributed by atoms with Gasteiger partial charge in [0.05, 0.1) is 0 Å². The number of benzene rings is 3. The Morgan fingerprint density at radius 2 is 1.53 bits per heavy atom. The first kappa shape index (κ1) is 37.6. The fourth-order valence-corrected chi connectivity index (χ4v) is 8.28. The number of aromatic nitrogens is 1. The van der Waals surface area contributed by atoms with E-state index in [0.717, 1.165) is 33.4 Å². The molecule has 12 nitrogen and oxygen atoms in total. The van der Waals surface area contributed by atoms with Crippen molar-refractivity contribution in [1.82, 2.24) is 15.2 Å². The second-order valence-electron chi connectivity index (χ2n) is 12.9. The predicted molar refractivity (Wildman–Crippen MR) is 206 cm³/mol. The van der Waals surface area contributed by atoms with Crippen molar-refractivity contribution in [2.45, 2.75) is 48.8 Å². The van der Waals surface area contributed by atoms with Gasteiger partial charge in [0.2, 0.25) is 0 Å². The van der Waals surface area contributed by atoms with E-state index in [9.17, 15) is 24.3 Å². The number of hydrogen-bond donors (Lipinski definition) is 3. The molecule has 4 aromatic rings. The number of nitrogens with zero attached hydrogens (tertiary/aromatic N) is 3. The lowest BCUT2D eigenvalue weighted by Crippen LogP contribution is -2.70. The molecule has 0 spiro atoms. The predicted octanol–water partition coefficient (Wildman–Crippen LogP) is 5.67. The van der Waals surface area contributed by atoms with Crippen LogP contribution >= 0.6 is 34.9 Å². The highest BCUT2D eigenvalue weighted by Crippen LogP contribution is 2.41. The number of aliphatic carboxylic acids is 1. The zero-order chi connectivity index (χ0) is 37.8. The first-order chi connectivity index (χ1) is 25.4. The number of amides is 2. The number of carboxylic acids is 1. The van der Waals surface area contributed by atoms with Gasteiger partial charge in [-0.15, -0.1) is 34.9 Å². The Labute approximate surface area is 319 Å². The van der Waals surface area contributed by atoms with Crippen molar-refractivity contribution < 1.29 is 33.9 Å². The lowest BCUT2D eigenvalue weighted by molar-refractivity contribution is -0.162. The number of carboxylic acid groups (broad SMARTS) is 1. The van der Waals surface area contributed by atoms with Crippen molar-refractivity contribution >= 4 is 69.5 Å². The highest BCUT2D eigenvalue weighted by molar-refractivity contribution is 8.00. The Morgan fingerprint density at radius 1 is 0.962 bits per heavy atom. The van der Waals surface area contributed by atoms with Crippen LogP contribution in [0.1, 0.15) is 43.2 Å². The minimum absolute atomic E-state index is 0.119. The molecule has 3 heterocycles. The largest absolute Gasteiger partial charge is 0.477 e. The molecule has 274 valence electrons. The average Bonchev–Trinajstić information content (AvgIpc) is 3.62. The number of nitrogens with one attached hydrogen (secondary N) is 2. The van der Waals surface area contributed by atoms with Crippen LogP contribution in [0.2, 0.25) is 0 Å². The summed E-state index contributed by atoms with van der Waals surface area (Å²) in [6.07, 6.45) is 3.10. The summed E-state index contributed by atoms with van der Waals surface area (Å²) in [4.78, 5) is 63.5. The number of esters is 1. The van der Waals surface area contributed by atoms with Gasteiger partial charge in [-0.25, -0.2) is 14.6 Å². The number of oxime groups is 1. The molecule has 0 aliphatic carbocycles. The topological polar surface area (TPSA) is 160 Å². The number of thioether (sulfide) groups is 2. The van der Waals surface area contributed by atoms with Crippen LogP contribution in [-0.2, 0) is 34.3 Å². The van der Waals surface area contributed by atoms with Crippen LogP contribution in [0.4, 0.5) is 5.13 Å². The summed E-state index contributed by atoms with van der Waals surface area (Å²) in [5.41, 5.74) is -0.398. The Hall–Kier alpha value is -5.12. The fraction of sp³-hybridized carbons (Fsp3) is 0.263. The minimum atomic E-state index is -1.23. The lowest BCUT2D eigenvalue weighted by Gasteiger charge is -2.48. The molecule has 53 heavy (non-hydrogen) atoms. The third-order valence-electron chi connectivity index (χ3n) is 8.28. The number of carbonyl (C=O) groups is 4. The van der Waals surface area contributed by atoms with Crippen LogP contribution in [0.5, 0.6) is 0 Å². The van der Waals surface area contributed by atoms with E-state index in [0.29, 0.717) is 10.9 Å². The van der Waals surface area contributed by atoms with Gasteiger partial charge < -0.3 is 25.3 Å². The maximum Gasteiger partial charge on any atom is 0.361 e. The van der Waals surface area contributed by atoms with Gasteiger partial charge in [-0.1, -0.05) is 96.2 Å². The molecule has 0 radical (unpaired) electrons. The van der Waals surface area contributed by atoms with Crippen LogP contribution in [0.3, 0.4) is 0 Å². The smallest absolute Gasteiger partial charge is 0.361 e. The van der Waals surface area contributed by atoms with Gasteiger partial charge in [-0.3, -0.25) is 14.5 Å². The van der Waals surface area contributed by atoms with Gasteiger partial charge >= 0.3 is 11.9 Å². The van der Waals surface area contributed by atoms with Crippen LogP contribution in [0.25, 0.3) is 0 Å². The van der Waals surface area contributed by atoms with E-state index in [1.54, 1.807) is 32.4 Å². The molecule has 1 aromatic heterocycles. The average molecular weight is 772 g/mol. The summed E-state index contributed by atoms with van der Waals surface area (Å²) in [7, 11) is 0. The number of carbonyl (C=O) groups excluding carboxylic acids is 3. The summed E-state index contributed by atoms with van der Waals surface area (Å²) in [6.45, 7) is 5.17. The third-order valence-corrected chi connectivity index (χ3v) is 10.9. The summed E-state index contributed by atoms with van der Waals surface area (Å²) in [5.74, 6) is -2.93. The van der Waals surface area contributed by atoms with Crippen molar-refractivity contribution in [2.24, 2.45) is 5.16 Å². The number of β-lactam (4-membered cyclic amide) rings is 1. The van der Waals surface area contributed by atoms with Gasteiger partial charge in [0.25, 0.3) is 17.3 Å². The fourth-order valence-electron chi connectivity index (χ4n) is 5.97. The van der Waals surface area contributed by atoms with Gasteiger partial charge in [-0.05, 0) is 49.8 Å². The lowest BCUT2D eigenvalue weighted by atomic mass is 9.77. The molecule has 2 aliphatic heterocycles. The maximum absolute atomic E-state index is 14.0. The quantitative estimate of drug-likeness (QED) is 0.0384. The van der Waals surface area contributed by atoms with Crippen LogP contribution in [0.15, 0.2) is 113 Å². The van der Waals surface area contributed by atoms with Crippen LogP contribution in [0, 0.1) is 0 Å². The van der Waals surface area contributed by atoms with E-state index < -0.39 is 51.7 Å². The van der Waals surface area contributed by atoms with Gasteiger partial charge in [0, 0.05) is 11.1 Å². The second-order valence-corrected chi connectivity index (χ2v) is 15.8. The molecule has 1 saturated heterocycles. The normalized spacial score (nSPS) is 17.8. The molecule has 3 atom stereocenters. The van der Waals surface area contributed by atoms with E-state index in [1.165, 1.54) is 29.2 Å². The van der Waals surface area contributed by atoms with E-state index >= 15 is 0 Å². The summed E-state index contributed by atoms with van der Waals surface area (Å²) in [5, 5.41) is 21.6. The Kier molecular flexibility index (Phi) is 11.3. The monoisotopic (exact) mass is 771 g/mol. The number of thiazole rings is 1. The van der Waals surface area contributed by atoms with Gasteiger partial charge in [0.15, 0.2) is 10.8 Å². The standard InChI is InChI=1S/C38H37N5O7S3/c1-37(2,3)49-34(48)35(51-4)50-42-28(30(44)40-29-31(45)43-27(33(46)47)20-21-52-32(29)43)26-22-53-36(39-26)41-38(23-14-8-5-9-15-23,24-16-10-6-11-17-24)25-18-12-7-13-19-25/h5-20,22,29,32,35H,21H2,1-4H3,(H,39,41)(H,40,44)(H,46,47)/t29-,32+,35-/m1/s1.